The van der Waals surface area contributed by atoms with E-state index in [9.17, 15) is 10.1 Å². The van der Waals surface area contributed by atoms with Crippen LogP contribution >= 0.6 is 15.9 Å². The van der Waals surface area contributed by atoms with E-state index < -0.39 is 4.92 Å². The molecule has 0 bridgehead atoms. The molecular formula is C11H14BrN3O2. The Labute approximate surface area is 108 Å². The van der Waals surface area contributed by atoms with Gasteiger partial charge in [0.25, 0.3) is 5.69 Å². The molecule has 0 radical (unpaired) electrons. The number of pyridine rings is 1. The van der Waals surface area contributed by atoms with Crippen molar-refractivity contribution >= 4 is 27.4 Å². The molecule has 1 heterocycles. The number of nitro groups is 1. The third kappa shape index (κ3) is 2.94. The number of nitrogens with zero attached hydrogens (tertiary/aromatic N) is 2. The van der Waals surface area contributed by atoms with Gasteiger partial charge in [0, 0.05) is 12.1 Å². The normalized spacial score (nSPS) is 23.6. The highest BCUT2D eigenvalue weighted by Crippen LogP contribution is 2.30. The van der Waals surface area contributed by atoms with Crippen LogP contribution in [0, 0.1) is 16.0 Å². The number of hydrogen-bond acceptors (Lipinski definition) is 4. The second-order valence-corrected chi connectivity index (χ2v) is 5.39. The molecular weight excluding hydrogens is 286 g/mol. The summed E-state index contributed by atoms with van der Waals surface area (Å²) in [5, 5.41) is 13.9. The predicted molar refractivity (Wildman–Crippen MR) is 69.0 cm³/mol. The van der Waals surface area contributed by atoms with Gasteiger partial charge in [-0.25, -0.2) is 4.98 Å². The Morgan fingerprint density at radius 3 is 2.88 bits per heavy atom. The first-order valence-electron chi connectivity index (χ1n) is 5.62. The van der Waals surface area contributed by atoms with Gasteiger partial charge in [-0.1, -0.05) is 6.92 Å². The lowest BCUT2D eigenvalue weighted by Crippen LogP contribution is -2.16. The summed E-state index contributed by atoms with van der Waals surface area (Å²) in [6.07, 6.45) is 4.77. The number of hydrogen-bond donors (Lipinski definition) is 1. The van der Waals surface area contributed by atoms with E-state index in [1.165, 1.54) is 18.7 Å². The van der Waals surface area contributed by atoms with Gasteiger partial charge in [-0.05, 0) is 41.1 Å². The summed E-state index contributed by atoms with van der Waals surface area (Å²) in [6, 6.07) is 1.91. The number of halogens is 1. The number of rotatable bonds is 3. The molecule has 2 rings (SSSR count). The van der Waals surface area contributed by atoms with Crippen molar-refractivity contribution in [1.29, 1.82) is 0 Å². The zero-order chi connectivity index (χ0) is 12.4. The maximum atomic E-state index is 10.6. The van der Waals surface area contributed by atoms with Crippen molar-refractivity contribution in [2.24, 2.45) is 5.92 Å². The molecule has 1 fully saturated rings. The van der Waals surface area contributed by atoms with E-state index >= 15 is 0 Å². The number of anilines is 1. The second kappa shape index (κ2) is 5.00. The van der Waals surface area contributed by atoms with Crippen LogP contribution in [-0.2, 0) is 0 Å². The molecule has 92 valence electrons. The average molecular weight is 300 g/mol. The highest BCUT2D eigenvalue weighted by Gasteiger charge is 2.22. The van der Waals surface area contributed by atoms with Gasteiger partial charge in [0.05, 0.1) is 9.40 Å². The SMILES string of the molecule is CC1CCC(Nc2ncc([N+](=O)[O-])cc2Br)C1. The zero-order valence-corrected chi connectivity index (χ0v) is 11.1. The van der Waals surface area contributed by atoms with Gasteiger partial charge < -0.3 is 5.32 Å². The topological polar surface area (TPSA) is 68.1 Å². The minimum Gasteiger partial charge on any atom is -0.366 e. The Kier molecular flexibility index (Phi) is 3.61. The summed E-state index contributed by atoms with van der Waals surface area (Å²) in [4.78, 5) is 14.2. The Bertz CT molecular complexity index is 439. The van der Waals surface area contributed by atoms with Crippen molar-refractivity contribution in [2.45, 2.75) is 32.2 Å². The van der Waals surface area contributed by atoms with Crippen LogP contribution in [0.2, 0.25) is 0 Å². The Hall–Kier alpha value is -1.17. The van der Waals surface area contributed by atoms with Gasteiger partial charge in [-0.3, -0.25) is 10.1 Å². The monoisotopic (exact) mass is 299 g/mol. The number of aromatic nitrogens is 1. The van der Waals surface area contributed by atoms with Gasteiger partial charge >= 0.3 is 0 Å². The molecule has 1 saturated carbocycles. The standard InChI is InChI=1S/C11H14BrN3O2/c1-7-2-3-8(4-7)14-11-10(12)5-9(6-13-11)15(16)17/h5-8H,2-4H2,1H3,(H,13,14). The van der Waals surface area contributed by atoms with Crippen LogP contribution in [0.5, 0.6) is 0 Å². The third-order valence-electron chi connectivity index (χ3n) is 3.07. The van der Waals surface area contributed by atoms with Gasteiger partial charge in [-0.15, -0.1) is 0 Å². The molecule has 0 aliphatic heterocycles. The summed E-state index contributed by atoms with van der Waals surface area (Å²) < 4.78 is 0.645. The van der Waals surface area contributed by atoms with Crippen molar-refractivity contribution in [3.05, 3.63) is 26.9 Å². The van der Waals surface area contributed by atoms with E-state index in [2.05, 4.69) is 33.2 Å². The molecule has 1 N–H and O–H groups in total. The molecule has 2 atom stereocenters. The molecule has 6 heteroatoms. The molecule has 17 heavy (non-hydrogen) atoms. The van der Waals surface area contributed by atoms with E-state index in [1.807, 2.05) is 0 Å². The average Bonchev–Trinajstić information content (AvgIpc) is 2.67. The van der Waals surface area contributed by atoms with E-state index in [-0.39, 0.29) is 5.69 Å². The third-order valence-corrected chi connectivity index (χ3v) is 3.68. The fourth-order valence-corrected chi connectivity index (χ4v) is 2.62. The van der Waals surface area contributed by atoms with Crippen LogP contribution in [0.1, 0.15) is 26.2 Å². The second-order valence-electron chi connectivity index (χ2n) is 4.54. The fraction of sp³-hybridized carbons (Fsp3) is 0.545. The van der Waals surface area contributed by atoms with Gasteiger partial charge in [-0.2, -0.15) is 0 Å². The summed E-state index contributed by atoms with van der Waals surface area (Å²) in [6.45, 7) is 2.24. The van der Waals surface area contributed by atoms with Crippen LogP contribution in [0.25, 0.3) is 0 Å². The van der Waals surface area contributed by atoms with Gasteiger partial charge in [0.15, 0.2) is 0 Å². The smallest absolute Gasteiger partial charge is 0.288 e. The summed E-state index contributed by atoms with van der Waals surface area (Å²) >= 11 is 3.31. The van der Waals surface area contributed by atoms with Crippen molar-refractivity contribution in [2.75, 3.05) is 5.32 Å². The lowest BCUT2D eigenvalue weighted by molar-refractivity contribution is -0.385. The minimum atomic E-state index is -0.445. The maximum absolute atomic E-state index is 10.6. The van der Waals surface area contributed by atoms with Crippen LogP contribution in [0.15, 0.2) is 16.7 Å². The largest absolute Gasteiger partial charge is 0.366 e. The summed E-state index contributed by atoms with van der Waals surface area (Å²) in [5.41, 5.74) is 0.00205. The van der Waals surface area contributed by atoms with Gasteiger partial charge in [0.2, 0.25) is 0 Å². The van der Waals surface area contributed by atoms with Gasteiger partial charge in [0.1, 0.15) is 12.0 Å². The highest BCUT2D eigenvalue weighted by atomic mass is 79.9. The molecule has 1 aromatic rings. The molecule has 1 aromatic heterocycles. The first-order valence-corrected chi connectivity index (χ1v) is 6.42. The van der Waals surface area contributed by atoms with Crippen molar-refractivity contribution in [3.8, 4) is 0 Å². The van der Waals surface area contributed by atoms with Crippen LogP contribution in [0.4, 0.5) is 11.5 Å². The van der Waals surface area contributed by atoms with Crippen LogP contribution in [-0.4, -0.2) is 15.9 Å². The molecule has 0 saturated heterocycles. The van der Waals surface area contributed by atoms with Crippen molar-refractivity contribution in [3.63, 3.8) is 0 Å². The molecule has 0 amide bonds. The molecule has 1 aliphatic carbocycles. The first kappa shape index (κ1) is 12.3. The summed E-state index contributed by atoms with van der Waals surface area (Å²) in [7, 11) is 0. The van der Waals surface area contributed by atoms with E-state index in [0.29, 0.717) is 16.3 Å². The molecule has 0 aromatic carbocycles. The molecule has 1 aliphatic rings. The quantitative estimate of drug-likeness (QED) is 0.686. The molecule has 2 unspecified atom stereocenters. The van der Waals surface area contributed by atoms with Crippen LogP contribution in [0.3, 0.4) is 0 Å². The Morgan fingerprint density at radius 2 is 2.35 bits per heavy atom. The van der Waals surface area contributed by atoms with Crippen molar-refractivity contribution < 1.29 is 4.92 Å². The Balaban J connectivity index is 2.09. The van der Waals surface area contributed by atoms with E-state index in [1.54, 1.807) is 0 Å². The molecule has 5 nitrogen and oxygen atoms in total. The zero-order valence-electron chi connectivity index (χ0n) is 9.52. The Morgan fingerprint density at radius 1 is 1.59 bits per heavy atom. The first-order chi connectivity index (χ1) is 8.06. The maximum Gasteiger partial charge on any atom is 0.288 e. The lowest BCUT2D eigenvalue weighted by Gasteiger charge is -2.13. The minimum absolute atomic E-state index is 0.00205. The predicted octanol–water partition coefficient (Wildman–Crippen LogP) is 3.35. The molecule has 0 spiro atoms. The van der Waals surface area contributed by atoms with E-state index in [4.69, 9.17) is 0 Å². The number of nitrogens with one attached hydrogen (secondary N) is 1. The fourth-order valence-electron chi connectivity index (χ4n) is 2.17. The van der Waals surface area contributed by atoms with E-state index in [0.717, 1.165) is 18.8 Å². The lowest BCUT2D eigenvalue weighted by atomic mass is 10.1. The summed E-state index contributed by atoms with van der Waals surface area (Å²) in [5.74, 6) is 1.43. The highest BCUT2D eigenvalue weighted by molar-refractivity contribution is 9.10. The van der Waals surface area contributed by atoms with Crippen LogP contribution < -0.4 is 5.32 Å². The van der Waals surface area contributed by atoms with Crippen molar-refractivity contribution in [1.82, 2.24) is 4.98 Å².